The number of hydrogen-bond donors (Lipinski definition) is 1. The first-order valence-corrected chi connectivity index (χ1v) is 7.19. The predicted octanol–water partition coefficient (Wildman–Crippen LogP) is 2.48. The molecular weight excluding hydrogens is 318 g/mol. The monoisotopic (exact) mass is 336 g/mol. The number of fused-ring (bicyclic) bond motifs is 3. The van der Waals surface area contributed by atoms with Crippen molar-refractivity contribution in [2.75, 3.05) is 38.3 Å². The molecule has 4 nitrogen and oxygen atoms in total. The van der Waals surface area contributed by atoms with Crippen LogP contribution < -0.4 is 15.0 Å². The van der Waals surface area contributed by atoms with Crippen molar-refractivity contribution in [1.82, 2.24) is 5.32 Å². The number of nitrogens with one attached hydrogen (secondary N) is 1. The maximum Gasteiger partial charge on any atom is 0.161 e. The fraction of sp³-hybridized carbons (Fsp3) is 0.571. The van der Waals surface area contributed by atoms with Gasteiger partial charge in [0.2, 0.25) is 0 Å². The second-order valence-electron chi connectivity index (χ2n) is 5.22. The topological polar surface area (TPSA) is 33.7 Å². The predicted molar refractivity (Wildman–Crippen MR) is 83.6 cm³/mol. The van der Waals surface area contributed by atoms with E-state index in [1.54, 1.807) is 7.11 Å². The molecule has 2 aliphatic heterocycles. The molecule has 21 heavy (non-hydrogen) atoms. The van der Waals surface area contributed by atoms with Gasteiger partial charge in [0.1, 0.15) is 11.9 Å². The molecule has 0 amide bonds. The average molecular weight is 337 g/mol. The van der Waals surface area contributed by atoms with Gasteiger partial charge >= 0.3 is 0 Å². The number of rotatable bonds is 2. The Kier molecular flexibility index (Phi) is 5.54. The van der Waals surface area contributed by atoms with Gasteiger partial charge in [-0.25, -0.2) is 4.39 Å². The Morgan fingerprint density at radius 1 is 1.52 bits per heavy atom. The highest BCUT2D eigenvalue weighted by molar-refractivity contribution is 6.32. The van der Waals surface area contributed by atoms with Crippen molar-refractivity contribution in [1.29, 1.82) is 0 Å². The number of piperazine rings is 1. The second-order valence-corrected chi connectivity index (χ2v) is 5.63. The lowest BCUT2D eigenvalue weighted by Crippen LogP contribution is -2.52. The number of hydrogen-bond acceptors (Lipinski definition) is 4. The Balaban J connectivity index is 0.00000161. The van der Waals surface area contributed by atoms with E-state index in [9.17, 15) is 4.39 Å². The zero-order valence-corrected chi connectivity index (χ0v) is 13.3. The van der Waals surface area contributed by atoms with Crippen LogP contribution in [0.5, 0.6) is 5.75 Å². The molecule has 0 bridgehead atoms. The third-order valence-electron chi connectivity index (χ3n) is 3.82. The van der Waals surface area contributed by atoms with Crippen LogP contribution in [-0.2, 0) is 4.74 Å². The smallest absolute Gasteiger partial charge is 0.161 e. The van der Waals surface area contributed by atoms with Crippen molar-refractivity contribution in [2.24, 2.45) is 0 Å². The van der Waals surface area contributed by atoms with Crippen molar-refractivity contribution in [3.63, 3.8) is 0 Å². The van der Waals surface area contributed by atoms with Gasteiger partial charge in [0, 0.05) is 45.3 Å². The molecule has 0 aromatic heterocycles. The first-order chi connectivity index (χ1) is 9.69. The molecule has 1 saturated heterocycles. The number of ether oxygens (including phenoxy) is 2. The highest BCUT2D eigenvalue weighted by atomic mass is 35.5. The molecule has 2 heterocycles. The van der Waals surface area contributed by atoms with E-state index in [0.29, 0.717) is 17.4 Å². The largest absolute Gasteiger partial charge is 0.484 e. The zero-order chi connectivity index (χ0) is 14.1. The van der Waals surface area contributed by atoms with Gasteiger partial charge < -0.3 is 19.7 Å². The van der Waals surface area contributed by atoms with E-state index >= 15 is 0 Å². The first kappa shape index (κ1) is 16.6. The van der Waals surface area contributed by atoms with Gasteiger partial charge in [-0.1, -0.05) is 11.6 Å². The summed E-state index contributed by atoms with van der Waals surface area (Å²) in [5.74, 6) is 0.236. The minimum Gasteiger partial charge on any atom is -0.484 e. The third kappa shape index (κ3) is 3.37. The standard InChI is InChI=1S/C14H18ClFN2O2.ClH/c1-19-8-11-6-10-7-17-2-3-18(10)13-5-9(16)4-12(15)14(13)20-11;/h4-5,10-11,17H,2-3,6-8H2,1H3;1H/t10-,11-;/m1./s1. The quantitative estimate of drug-likeness (QED) is 0.899. The van der Waals surface area contributed by atoms with Gasteiger partial charge in [-0.3, -0.25) is 0 Å². The Labute approximate surface area is 134 Å². The summed E-state index contributed by atoms with van der Waals surface area (Å²) >= 11 is 6.17. The molecular formula is C14H19Cl2FN2O2. The number of anilines is 1. The summed E-state index contributed by atoms with van der Waals surface area (Å²) in [6.07, 6.45) is 0.754. The average Bonchev–Trinajstić information content (AvgIpc) is 2.57. The lowest BCUT2D eigenvalue weighted by atomic mass is 10.1. The molecule has 118 valence electrons. The highest BCUT2D eigenvalue weighted by Crippen LogP contribution is 2.41. The van der Waals surface area contributed by atoms with Crippen LogP contribution in [0.15, 0.2) is 12.1 Å². The Morgan fingerprint density at radius 2 is 2.33 bits per heavy atom. The van der Waals surface area contributed by atoms with Gasteiger partial charge in [-0.15, -0.1) is 12.4 Å². The number of halogens is 3. The molecule has 2 atom stereocenters. The molecule has 0 radical (unpaired) electrons. The molecule has 3 rings (SSSR count). The fourth-order valence-electron chi connectivity index (χ4n) is 2.97. The van der Waals surface area contributed by atoms with Gasteiger partial charge in [0.05, 0.1) is 17.3 Å². The molecule has 1 fully saturated rings. The van der Waals surface area contributed by atoms with E-state index in [4.69, 9.17) is 21.1 Å². The summed E-state index contributed by atoms with van der Waals surface area (Å²) in [5.41, 5.74) is 0.750. The van der Waals surface area contributed by atoms with Crippen LogP contribution in [-0.4, -0.2) is 45.5 Å². The first-order valence-electron chi connectivity index (χ1n) is 6.81. The van der Waals surface area contributed by atoms with Crippen LogP contribution in [0.3, 0.4) is 0 Å². The van der Waals surface area contributed by atoms with Crippen molar-refractivity contribution in [3.8, 4) is 5.75 Å². The second kappa shape index (κ2) is 7.01. The minimum absolute atomic E-state index is 0. The van der Waals surface area contributed by atoms with Crippen LogP contribution in [0, 0.1) is 5.82 Å². The van der Waals surface area contributed by atoms with Crippen LogP contribution in [0.2, 0.25) is 5.02 Å². The molecule has 1 aromatic rings. The van der Waals surface area contributed by atoms with Gasteiger partial charge in [-0.05, 0) is 6.07 Å². The fourth-order valence-corrected chi connectivity index (χ4v) is 3.22. The highest BCUT2D eigenvalue weighted by Gasteiger charge is 2.33. The molecule has 1 aromatic carbocycles. The van der Waals surface area contributed by atoms with E-state index in [0.717, 1.165) is 31.7 Å². The molecule has 0 spiro atoms. The van der Waals surface area contributed by atoms with Crippen molar-refractivity contribution < 1.29 is 13.9 Å². The van der Waals surface area contributed by atoms with Crippen LogP contribution in [0.4, 0.5) is 10.1 Å². The number of methoxy groups -OCH3 is 1. The Morgan fingerprint density at radius 3 is 3.10 bits per heavy atom. The van der Waals surface area contributed by atoms with Crippen molar-refractivity contribution >= 4 is 29.7 Å². The van der Waals surface area contributed by atoms with Crippen LogP contribution in [0.1, 0.15) is 6.42 Å². The lowest BCUT2D eigenvalue weighted by Gasteiger charge is -2.37. The van der Waals surface area contributed by atoms with Crippen LogP contribution in [0.25, 0.3) is 0 Å². The molecule has 0 unspecified atom stereocenters. The minimum atomic E-state index is -0.333. The Bertz CT molecular complexity index is 504. The number of nitrogens with zero attached hydrogens (tertiary/aromatic N) is 1. The third-order valence-corrected chi connectivity index (χ3v) is 4.10. The summed E-state index contributed by atoms with van der Waals surface area (Å²) in [5, 5.41) is 3.69. The maximum atomic E-state index is 13.7. The van der Waals surface area contributed by atoms with Crippen LogP contribution >= 0.6 is 24.0 Å². The molecule has 7 heteroatoms. The van der Waals surface area contributed by atoms with Crippen molar-refractivity contribution in [2.45, 2.75) is 18.6 Å². The SMILES string of the molecule is COC[C@H]1C[C@@H]2CNCCN2c2cc(F)cc(Cl)c2O1.Cl. The molecule has 0 saturated carbocycles. The van der Waals surface area contributed by atoms with E-state index in [2.05, 4.69) is 10.2 Å². The zero-order valence-electron chi connectivity index (χ0n) is 11.8. The summed E-state index contributed by atoms with van der Waals surface area (Å²) < 4.78 is 24.9. The molecule has 1 N–H and O–H groups in total. The van der Waals surface area contributed by atoms with Gasteiger partial charge in [-0.2, -0.15) is 0 Å². The van der Waals surface area contributed by atoms with E-state index in [-0.39, 0.29) is 30.4 Å². The van der Waals surface area contributed by atoms with Gasteiger partial charge in [0.25, 0.3) is 0 Å². The molecule has 0 aliphatic carbocycles. The van der Waals surface area contributed by atoms with E-state index < -0.39 is 0 Å². The van der Waals surface area contributed by atoms with E-state index in [1.807, 2.05) is 0 Å². The summed E-state index contributed by atoms with van der Waals surface area (Å²) in [7, 11) is 1.65. The molecule has 2 aliphatic rings. The van der Waals surface area contributed by atoms with E-state index in [1.165, 1.54) is 12.1 Å². The normalized spacial score (nSPS) is 24.2. The Hall–Kier alpha value is -0.750. The van der Waals surface area contributed by atoms with Crippen molar-refractivity contribution in [3.05, 3.63) is 23.0 Å². The lowest BCUT2D eigenvalue weighted by molar-refractivity contribution is 0.0746. The summed E-state index contributed by atoms with van der Waals surface area (Å²) in [6.45, 7) is 3.05. The number of benzene rings is 1. The van der Waals surface area contributed by atoms with Gasteiger partial charge in [0.15, 0.2) is 5.75 Å². The summed E-state index contributed by atoms with van der Waals surface area (Å²) in [4.78, 5) is 2.19. The maximum absolute atomic E-state index is 13.7. The summed E-state index contributed by atoms with van der Waals surface area (Å²) in [6, 6.07) is 3.07.